The second kappa shape index (κ2) is 10.4. The van der Waals surface area contributed by atoms with Crippen molar-refractivity contribution in [2.24, 2.45) is 0 Å². The number of rotatable bonds is 8. The standard InChI is InChI=1S/C24H27N3O4/c1-6-11-27-15(2)12-19(16(27)3)13-20(14-25)24(30)31-18(5)23(29)26-22-10-8-7-9-21(22)17(4)28/h7-10,12-13,18H,6,11H2,1-5H3,(H,26,29)/b20-13+. The number of amides is 1. The third-order valence-electron chi connectivity index (χ3n) is 4.92. The van der Waals surface area contributed by atoms with Gasteiger partial charge in [0.1, 0.15) is 11.6 Å². The van der Waals surface area contributed by atoms with Crippen LogP contribution in [0.1, 0.15) is 54.5 Å². The van der Waals surface area contributed by atoms with Crippen LogP contribution in [0.4, 0.5) is 5.69 Å². The Hall–Kier alpha value is -3.66. The SMILES string of the molecule is CCCn1c(C)cc(/C=C(\C#N)C(=O)OC(C)C(=O)Nc2ccccc2C(C)=O)c1C. The molecular weight excluding hydrogens is 394 g/mol. The van der Waals surface area contributed by atoms with Crippen LogP contribution in [-0.2, 0) is 20.9 Å². The van der Waals surface area contributed by atoms with Gasteiger partial charge in [-0.15, -0.1) is 0 Å². The number of hydrogen-bond acceptors (Lipinski definition) is 5. The first-order valence-electron chi connectivity index (χ1n) is 10.1. The van der Waals surface area contributed by atoms with Crippen LogP contribution in [0.15, 0.2) is 35.9 Å². The van der Waals surface area contributed by atoms with Crippen LogP contribution in [0, 0.1) is 25.2 Å². The number of ether oxygens (including phenoxy) is 1. The Labute approximate surface area is 182 Å². The van der Waals surface area contributed by atoms with E-state index in [4.69, 9.17) is 4.74 Å². The van der Waals surface area contributed by atoms with Gasteiger partial charge in [0.2, 0.25) is 0 Å². The number of ketones is 1. The van der Waals surface area contributed by atoms with Crippen LogP contribution in [0.3, 0.4) is 0 Å². The molecule has 7 nitrogen and oxygen atoms in total. The number of anilines is 1. The fraction of sp³-hybridized carbons (Fsp3) is 0.333. The van der Waals surface area contributed by atoms with Crippen molar-refractivity contribution in [3.63, 3.8) is 0 Å². The normalized spacial score (nSPS) is 12.1. The lowest BCUT2D eigenvalue weighted by molar-refractivity contribution is -0.148. The summed E-state index contributed by atoms with van der Waals surface area (Å²) in [6.45, 7) is 9.62. The molecule has 1 atom stereocenters. The van der Waals surface area contributed by atoms with Crippen molar-refractivity contribution < 1.29 is 19.1 Å². The molecular formula is C24H27N3O4. The Bertz CT molecular complexity index is 1070. The number of benzene rings is 1. The van der Waals surface area contributed by atoms with Gasteiger partial charge < -0.3 is 14.6 Å². The zero-order valence-corrected chi connectivity index (χ0v) is 18.5. The number of nitrogens with one attached hydrogen (secondary N) is 1. The number of carbonyl (C=O) groups is 3. The molecule has 1 N–H and O–H groups in total. The molecule has 0 aliphatic carbocycles. The lowest BCUT2D eigenvalue weighted by atomic mass is 10.1. The summed E-state index contributed by atoms with van der Waals surface area (Å²) in [6.07, 6.45) is 1.29. The molecule has 2 rings (SSSR count). The van der Waals surface area contributed by atoms with E-state index in [9.17, 15) is 19.6 Å². The molecule has 0 aliphatic heterocycles. The van der Waals surface area contributed by atoms with Crippen LogP contribution < -0.4 is 5.32 Å². The van der Waals surface area contributed by atoms with Crippen LogP contribution in [0.5, 0.6) is 0 Å². The van der Waals surface area contributed by atoms with Crippen molar-refractivity contribution in [2.45, 2.75) is 53.7 Å². The van der Waals surface area contributed by atoms with Gasteiger partial charge in [-0.1, -0.05) is 19.1 Å². The topological polar surface area (TPSA) is 101 Å². The highest BCUT2D eigenvalue weighted by molar-refractivity contribution is 6.05. The first kappa shape index (κ1) is 23.6. The fourth-order valence-electron chi connectivity index (χ4n) is 3.24. The van der Waals surface area contributed by atoms with Crippen molar-refractivity contribution in [3.05, 3.63) is 58.4 Å². The van der Waals surface area contributed by atoms with Gasteiger partial charge in [-0.3, -0.25) is 9.59 Å². The van der Waals surface area contributed by atoms with Crippen molar-refractivity contribution >= 4 is 29.4 Å². The molecule has 1 amide bonds. The molecule has 162 valence electrons. The zero-order valence-electron chi connectivity index (χ0n) is 18.5. The largest absolute Gasteiger partial charge is 0.448 e. The van der Waals surface area contributed by atoms with Gasteiger partial charge in [-0.05, 0) is 64.0 Å². The number of hydrogen-bond donors (Lipinski definition) is 1. The number of nitrogens with zero attached hydrogens (tertiary/aromatic N) is 2. The highest BCUT2D eigenvalue weighted by Crippen LogP contribution is 2.20. The summed E-state index contributed by atoms with van der Waals surface area (Å²) in [5.41, 5.74) is 3.24. The second-order valence-electron chi connectivity index (χ2n) is 7.29. The Morgan fingerprint density at radius 3 is 2.55 bits per heavy atom. The number of aromatic nitrogens is 1. The Kier molecular flexibility index (Phi) is 7.92. The minimum atomic E-state index is -1.16. The van der Waals surface area contributed by atoms with Crippen molar-refractivity contribution in [2.75, 3.05) is 5.32 Å². The highest BCUT2D eigenvalue weighted by Gasteiger charge is 2.22. The van der Waals surface area contributed by atoms with E-state index >= 15 is 0 Å². The van der Waals surface area contributed by atoms with E-state index in [1.807, 2.05) is 26.0 Å². The van der Waals surface area contributed by atoms with Gasteiger partial charge in [0, 0.05) is 23.5 Å². The number of aryl methyl sites for hydroxylation is 1. The van der Waals surface area contributed by atoms with Gasteiger partial charge in [0.05, 0.1) is 5.69 Å². The third kappa shape index (κ3) is 5.70. The minimum Gasteiger partial charge on any atom is -0.448 e. The quantitative estimate of drug-likeness (QED) is 0.298. The van der Waals surface area contributed by atoms with Gasteiger partial charge >= 0.3 is 5.97 Å². The second-order valence-corrected chi connectivity index (χ2v) is 7.29. The summed E-state index contributed by atoms with van der Waals surface area (Å²) in [6, 6.07) is 10.3. The molecule has 0 aliphatic rings. The Morgan fingerprint density at radius 2 is 1.94 bits per heavy atom. The molecule has 0 saturated heterocycles. The summed E-state index contributed by atoms with van der Waals surface area (Å²) >= 11 is 0. The molecule has 0 radical (unpaired) electrons. The van der Waals surface area contributed by atoms with E-state index in [2.05, 4.69) is 16.8 Å². The van der Waals surface area contributed by atoms with Crippen molar-refractivity contribution in [1.82, 2.24) is 4.57 Å². The summed E-state index contributed by atoms with van der Waals surface area (Å²) in [4.78, 5) is 36.7. The van der Waals surface area contributed by atoms with Crippen LogP contribution in [-0.4, -0.2) is 28.3 Å². The van der Waals surface area contributed by atoms with E-state index in [1.165, 1.54) is 19.9 Å². The van der Waals surface area contributed by atoms with Gasteiger partial charge in [0.15, 0.2) is 11.9 Å². The Morgan fingerprint density at radius 1 is 1.26 bits per heavy atom. The highest BCUT2D eigenvalue weighted by atomic mass is 16.5. The molecule has 7 heteroatoms. The summed E-state index contributed by atoms with van der Waals surface area (Å²) < 4.78 is 7.32. The summed E-state index contributed by atoms with van der Waals surface area (Å²) in [5, 5.41) is 12.0. The molecule has 2 aromatic rings. The fourth-order valence-corrected chi connectivity index (χ4v) is 3.24. The average Bonchev–Trinajstić information content (AvgIpc) is 2.99. The van der Waals surface area contributed by atoms with Gasteiger partial charge in [-0.2, -0.15) is 5.26 Å². The molecule has 0 fully saturated rings. The lowest BCUT2D eigenvalue weighted by Gasteiger charge is -2.14. The van der Waals surface area contributed by atoms with E-state index < -0.39 is 18.0 Å². The smallest absolute Gasteiger partial charge is 0.349 e. The van der Waals surface area contributed by atoms with Crippen LogP contribution in [0.2, 0.25) is 0 Å². The molecule has 31 heavy (non-hydrogen) atoms. The van der Waals surface area contributed by atoms with Crippen LogP contribution >= 0.6 is 0 Å². The maximum atomic E-state index is 12.5. The summed E-state index contributed by atoms with van der Waals surface area (Å²) in [5.74, 6) is -1.68. The molecule has 0 spiro atoms. The van der Waals surface area contributed by atoms with Gasteiger partial charge in [0.25, 0.3) is 5.91 Å². The van der Waals surface area contributed by atoms with Crippen LogP contribution in [0.25, 0.3) is 6.08 Å². The predicted molar refractivity (Wildman–Crippen MR) is 118 cm³/mol. The number of para-hydroxylation sites is 1. The molecule has 1 aromatic heterocycles. The molecule has 0 bridgehead atoms. The van der Waals surface area contributed by atoms with Gasteiger partial charge in [-0.25, -0.2) is 4.79 Å². The molecule has 1 aromatic carbocycles. The average molecular weight is 421 g/mol. The minimum absolute atomic E-state index is 0.194. The molecule has 1 heterocycles. The number of carbonyl (C=O) groups excluding carboxylic acids is 3. The van der Waals surface area contributed by atoms with Crippen molar-refractivity contribution in [1.29, 1.82) is 5.26 Å². The van der Waals surface area contributed by atoms with Crippen molar-refractivity contribution in [3.8, 4) is 6.07 Å². The van der Waals surface area contributed by atoms with E-state index in [0.29, 0.717) is 11.3 Å². The monoisotopic (exact) mass is 421 g/mol. The number of esters is 1. The maximum absolute atomic E-state index is 12.5. The van der Waals surface area contributed by atoms with E-state index in [1.54, 1.807) is 24.3 Å². The predicted octanol–water partition coefficient (Wildman–Crippen LogP) is 4.19. The number of Topliss-reactive ketones (excluding diaryl/α,β-unsaturated/α-hetero) is 1. The lowest BCUT2D eigenvalue weighted by Crippen LogP contribution is -2.30. The summed E-state index contributed by atoms with van der Waals surface area (Å²) in [7, 11) is 0. The maximum Gasteiger partial charge on any atom is 0.349 e. The third-order valence-corrected chi connectivity index (χ3v) is 4.92. The number of nitriles is 1. The van der Waals surface area contributed by atoms with E-state index in [-0.39, 0.29) is 11.4 Å². The van der Waals surface area contributed by atoms with E-state index in [0.717, 1.165) is 29.9 Å². The zero-order chi connectivity index (χ0) is 23.1. The first-order valence-corrected chi connectivity index (χ1v) is 10.1. The Balaban J connectivity index is 2.15. The first-order chi connectivity index (χ1) is 14.7. The molecule has 1 unspecified atom stereocenters. The molecule has 0 saturated carbocycles.